The van der Waals surface area contributed by atoms with Crippen molar-refractivity contribution in [2.75, 3.05) is 0 Å². The summed E-state index contributed by atoms with van der Waals surface area (Å²) < 4.78 is 5.16. The van der Waals surface area contributed by atoms with E-state index in [2.05, 4.69) is 0 Å². The van der Waals surface area contributed by atoms with E-state index in [4.69, 9.17) is 4.74 Å². The molecule has 0 unspecified atom stereocenters. The van der Waals surface area contributed by atoms with E-state index in [0.29, 0.717) is 5.75 Å². The third-order valence-electron chi connectivity index (χ3n) is 3.20. The number of nitro benzene ring substituents is 1. The Balaban J connectivity index is 2.01. The average molecular weight is 285 g/mol. The molecule has 0 aromatic heterocycles. The molecule has 21 heavy (non-hydrogen) atoms. The van der Waals surface area contributed by atoms with Gasteiger partial charge in [-0.05, 0) is 42.7 Å². The maximum Gasteiger partial charge on any atom is 0.315 e. The highest BCUT2D eigenvalue weighted by atomic mass is 16.6. The lowest BCUT2D eigenvalue weighted by atomic mass is 10.0. The zero-order valence-electron chi connectivity index (χ0n) is 11.8. The number of hydrogen-bond donors (Lipinski definition) is 0. The van der Waals surface area contributed by atoms with Crippen molar-refractivity contribution >= 4 is 11.7 Å². The molecule has 0 aliphatic heterocycles. The van der Waals surface area contributed by atoms with Crippen LogP contribution in [0.5, 0.6) is 5.75 Å². The highest BCUT2D eigenvalue weighted by Gasteiger charge is 2.09. The zero-order valence-corrected chi connectivity index (χ0v) is 11.8. The van der Waals surface area contributed by atoms with E-state index < -0.39 is 10.9 Å². The van der Waals surface area contributed by atoms with Gasteiger partial charge in [-0.15, -0.1) is 0 Å². The lowest BCUT2D eigenvalue weighted by molar-refractivity contribution is -0.384. The molecule has 0 spiro atoms. The van der Waals surface area contributed by atoms with Gasteiger partial charge in [0, 0.05) is 12.1 Å². The highest BCUT2D eigenvalue weighted by Crippen LogP contribution is 2.18. The van der Waals surface area contributed by atoms with Crippen LogP contribution >= 0.6 is 0 Å². The van der Waals surface area contributed by atoms with Gasteiger partial charge in [0.15, 0.2) is 0 Å². The summed E-state index contributed by atoms with van der Waals surface area (Å²) in [6.07, 6.45) is 0.165. The first kappa shape index (κ1) is 14.7. The van der Waals surface area contributed by atoms with E-state index in [1.165, 1.54) is 29.8 Å². The maximum absolute atomic E-state index is 11.8. The van der Waals surface area contributed by atoms with Crippen LogP contribution in [0.2, 0.25) is 0 Å². The first-order valence-corrected chi connectivity index (χ1v) is 6.47. The van der Waals surface area contributed by atoms with Gasteiger partial charge in [0.1, 0.15) is 5.75 Å². The van der Waals surface area contributed by atoms with Gasteiger partial charge in [-0.25, -0.2) is 0 Å². The Morgan fingerprint density at radius 1 is 1.10 bits per heavy atom. The number of nitro groups is 1. The Morgan fingerprint density at radius 3 is 2.33 bits per heavy atom. The molecule has 0 saturated heterocycles. The van der Waals surface area contributed by atoms with Gasteiger partial charge in [0.2, 0.25) is 0 Å². The number of benzene rings is 2. The van der Waals surface area contributed by atoms with Crippen molar-refractivity contribution in [3.05, 3.63) is 69.3 Å². The molecule has 5 heteroatoms. The lowest BCUT2D eigenvalue weighted by Crippen LogP contribution is -2.11. The molecule has 0 fully saturated rings. The van der Waals surface area contributed by atoms with Gasteiger partial charge in [-0.3, -0.25) is 14.9 Å². The molecule has 0 heterocycles. The van der Waals surface area contributed by atoms with Crippen LogP contribution in [-0.2, 0) is 11.2 Å². The van der Waals surface area contributed by atoms with Gasteiger partial charge in [-0.1, -0.05) is 18.2 Å². The fraction of sp³-hybridized carbons (Fsp3) is 0.188. The molecule has 0 amide bonds. The summed E-state index contributed by atoms with van der Waals surface area (Å²) in [6.45, 7) is 3.99. The summed E-state index contributed by atoms with van der Waals surface area (Å²) in [6, 6.07) is 11.2. The Morgan fingerprint density at radius 2 is 1.76 bits per heavy atom. The topological polar surface area (TPSA) is 69.4 Å². The summed E-state index contributed by atoms with van der Waals surface area (Å²) in [5, 5.41) is 10.5. The van der Waals surface area contributed by atoms with Crippen molar-refractivity contribution in [2.45, 2.75) is 20.3 Å². The van der Waals surface area contributed by atoms with E-state index >= 15 is 0 Å². The molecule has 5 nitrogen and oxygen atoms in total. The van der Waals surface area contributed by atoms with Crippen LogP contribution in [0.3, 0.4) is 0 Å². The van der Waals surface area contributed by atoms with Gasteiger partial charge in [0.05, 0.1) is 11.3 Å². The van der Waals surface area contributed by atoms with Gasteiger partial charge in [-0.2, -0.15) is 0 Å². The average Bonchev–Trinajstić information content (AvgIpc) is 2.43. The Hall–Kier alpha value is -2.69. The van der Waals surface area contributed by atoms with Crippen LogP contribution in [0, 0.1) is 24.0 Å². The minimum Gasteiger partial charge on any atom is -0.426 e. The van der Waals surface area contributed by atoms with Crippen LogP contribution in [0.15, 0.2) is 42.5 Å². The SMILES string of the molecule is Cc1ccc(CC(=O)Oc2ccc([N+](=O)[O-])cc2)cc1C. The van der Waals surface area contributed by atoms with Crippen molar-refractivity contribution in [1.29, 1.82) is 0 Å². The van der Waals surface area contributed by atoms with Crippen LogP contribution in [0.1, 0.15) is 16.7 Å². The largest absolute Gasteiger partial charge is 0.426 e. The normalized spacial score (nSPS) is 10.2. The van der Waals surface area contributed by atoms with Crippen molar-refractivity contribution in [3.63, 3.8) is 0 Å². The number of aryl methyl sites for hydroxylation is 2. The summed E-state index contributed by atoms with van der Waals surface area (Å²) in [5.74, 6) is -0.0958. The number of hydrogen-bond acceptors (Lipinski definition) is 4. The molecule has 2 aromatic carbocycles. The summed E-state index contributed by atoms with van der Waals surface area (Å²) in [4.78, 5) is 21.9. The molecule has 0 radical (unpaired) electrons. The predicted octanol–water partition coefficient (Wildman–Crippen LogP) is 3.36. The first-order chi connectivity index (χ1) is 9.95. The molecule has 0 saturated carbocycles. The number of ether oxygens (including phenoxy) is 1. The molecule has 2 rings (SSSR count). The second kappa shape index (κ2) is 6.17. The molecule has 0 aliphatic rings. The molecule has 0 atom stereocenters. The number of esters is 1. The van der Waals surface area contributed by atoms with Gasteiger partial charge < -0.3 is 4.74 Å². The molecule has 0 N–H and O–H groups in total. The van der Waals surface area contributed by atoms with E-state index in [-0.39, 0.29) is 12.1 Å². The summed E-state index contributed by atoms with van der Waals surface area (Å²) >= 11 is 0. The quantitative estimate of drug-likeness (QED) is 0.374. The van der Waals surface area contributed by atoms with E-state index in [1.807, 2.05) is 32.0 Å². The standard InChI is InChI=1S/C16H15NO4/c1-11-3-4-13(9-12(11)2)10-16(18)21-15-7-5-14(6-8-15)17(19)20/h3-9H,10H2,1-2H3. The zero-order chi connectivity index (χ0) is 15.4. The van der Waals surface area contributed by atoms with Crippen molar-refractivity contribution in [2.24, 2.45) is 0 Å². The van der Waals surface area contributed by atoms with Crippen molar-refractivity contribution in [3.8, 4) is 5.75 Å². The van der Waals surface area contributed by atoms with Crippen LogP contribution in [-0.4, -0.2) is 10.9 Å². The molecular weight excluding hydrogens is 270 g/mol. The van der Waals surface area contributed by atoms with Gasteiger partial charge >= 0.3 is 5.97 Å². The van der Waals surface area contributed by atoms with Crippen LogP contribution < -0.4 is 4.74 Å². The van der Waals surface area contributed by atoms with Crippen molar-refractivity contribution in [1.82, 2.24) is 0 Å². The Labute approximate surface area is 122 Å². The summed E-state index contributed by atoms with van der Waals surface area (Å²) in [5.41, 5.74) is 3.13. The molecule has 0 bridgehead atoms. The number of nitrogens with zero attached hydrogens (tertiary/aromatic N) is 1. The predicted molar refractivity (Wildman–Crippen MR) is 78.4 cm³/mol. The highest BCUT2D eigenvalue weighted by molar-refractivity contribution is 5.75. The Kier molecular flexibility index (Phi) is 4.33. The smallest absolute Gasteiger partial charge is 0.315 e. The summed E-state index contributed by atoms with van der Waals surface area (Å²) in [7, 11) is 0. The minimum atomic E-state index is -0.499. The number of carbonyl (C=O) groups excluding carboxylic acids is 1. The molecular formula is C16H15NO4. The van der Waals surface area contributed by atoms with Crippen molar-refractivity contribution < 1.29 is 14.5 Å². The third-order valence-corrected chi connectivity index (χ3v) is 3.20. The molecule has 108 valence electrons. The second-order valence-corrected chi connectivity index (χ2v) is 4.82. The minimum absolute atomic E-state index is 0.0380. The van der Waals surface area contributed by atoms with E-state index in [9.17, 15) is 14.9 Å². The third kappa shape index (κ3) is 3.89. The Bertz CT molecular complexity index is 677. The lowest BCUT2D eigenvalue weighted by Gasteiger charge is -2.06. The number of non-ortho nitro benzene ring substituents is 1. The fourth-order valence-electron chi connectivity index (χ4n) is 1.88. The first-order valence-electron chi connectivity index (χ1n) is 6.47. The van der Waals surface area contributed by atoms with Crippen LogP contribution in [0.4, 0.5) is 5.69 Å². The number of rotatable bonds is 4. The maximum atomic E-state index is 11.8. The monoisotopic (exact) mass is 285 g/mol. The number of carbonyl (C=O) groups is 1. The van der Waals surface area contributed by atoms with E-state index in [0.717, 1.165) is 11.1 Å². The fourth-order valence-corrected chi connectivity index (χ4v) is 1.88. The molecule has 0 aliphatic carbocycles. The van der Waals surface area contributed by atoms with E-state index in [1.54, 1.807) is 0 Å². The second-order valence-electron chi connectivity index (χ2n) is 4.82. The van der Waals surface area contributed by atoms with Gasteiger partial charge in [0.25, 0.3) is 5.69 Å². The molecule has 2 aromatic rings. The van der Waals surface area contributed by atoms with Crippen LogP contribution in [0.25, 0.3) is 0 Å².